The minimum Gasteiger partial charge on any atom is -0.360 e. The van der Waals surface area contributed by atoms with Gasteiger partial charge in [0.25, 0.3) is 0 Å². The van der Waals surface area contributed by atoms with Crippen LogP contribution in [0.3, 0.4) is 0 Å². The summed E-state index contributed by atoms with van der Waals surface area (Å²) >= 11 is 5.39. The van der Waals surface area contributed by atoms with Crippen LogP contribution in [0.15, 0.2) is 0 Å². The lowest BCUT2D eigenvalue weighted by Gasteiger charge is -2.46. The lowest BCUT2D eigenvalue weighted by Crippen LogP contribution is -2.60. The number of thiocarbonyl (C=S) groups is 1. The second-order valence-electron chi connectivity index (χ2n) is 5.26. The molecule has 0 radical (unpaired) electrons. The summed E-state index contributed by atoms with van der Waals surface area (Å²) in [4.78, 5) is 4.66. The summed E-state index contributed by atoms with van der Waals surface area (Å²) < 4.78 is 0. The Labute approximate surface area is 98.8 Å². The summed E-state index contributed by atoms with van der Waals surface area (Å²) in [5, 5.41) is 4.20. The van der Waals surface area contributed by atoms with Crippen molar-refractivity contribution in [3.8, 4) is 0 Å². The number of hydrogen-bond donors (Lipinski definition) is 1. The molecule has 1 heterocycles. The van der Waals surface area contributed by atoms with Gasteiger partial charge in [-0.3, -0.25) is 4.90 Å². The second-order valence-corrected chi connectivity index (χ2v) is 5.65. The smallest absolute Gasteiger partial charge is 0.169 e. The second kappa shape index (κ2) is 4.66. The Balaban J connectivity index is 2.55. The van der Waals surface area contributed by atoms with Crippen molar-refractivity contribution in [3.05, 3.63) is 0 Å². The standard InChI is InChI=1S/C11H23N3S/c1-9(2)12-10(15)14-7-6-13(5)11(3,4)8-14/h9H,6-8H2,1-5H3,(H,12,15). The van der Waals surface area contributed by atoms with Gasteiger partial charge in [-0.2, -0.15) is 0 Å². The van der Waals surface area contributed by atoms with Gasteiger partial charge in [-0.05, 0) is 47.0 Å². The molecule has 0 aromatic heterocycles. The molecule has 15 heavy (non-hydrogen) atoms. The first-order valence-electron chi connectivity index (χ1n) is 5.59. The average molecular weight is 229 g/mol. The highest BCUT2D eigenvalue weighted by atomic mass is 32.1. The molecular weight excluding hydrogens is 206 g/mol. The molecule has 0 atom stereocenters. The maximum Gasteiger partial charge on any atom is 0.169 e. The molecular formula is C11H23N3S. The van der Waals surface area contributed by atoms with Gasteiger partial charge in [0.2, 0.25) is 0 Å². The van der Waals surface area contributed by atoms with Gasteiger partial charge in [0, 0.05) is 31.2 Å². The Kier molecular flexibility index (Phi) is 3.95. The molecule has 0 saturated carbocycles. The van der Waals surface area contributed by atoms with E-state index in [1.54, 1.807) is 0 Å². The molecule has 0 aromatic carbocycles. The molecule has 3 nitrogen and oxygen atoms in total. The summed E-state index contributed by atoms with van der Waals surface area (Å²) in [6.45, 7) is 11.9. The molecule has 1 aliphatic rings. The first-order chi connectivity index (χ1) is 6.83. The third-order valence-electron chi connectivity index (χ3n) is 3.02. The third kappa shape index (κ3) is 3.31. The maximum atomic E-state index is 5.39. The fraction of sp³-hybridized carbons (Fsp3) is 0.909. The van der Waals surface area contributed by atoms with Crippen LogP contribution in [0, 0.1) is 0 Å². The number of piperazine rings is 1. The lowest BCUT2D eigenvalue weighted by atomic mass is 10.0. The summed E-state index contributed by atoms with van der Waals surface area (Å²) in [7, 11) is 2.18. The van der Waals surface area contributed by atoms with E-state index in [4.69, 9.17) is 12.2 Å². The van der Waals surface area contributed by atoms with Crippen molar-refractivity contribution in [1.29, 1.82) is 0 Å². The van der Waals surface area contributed by atoms with E-state index < -0.39 is 0 Å². The summed E-state index contributed by atoms with van der Waals surface area (Å²) in [6, 6.07) is 0.417. The van der Waals surface area contributed by atoms with Gasteiger partial charge in [-0.1, -0.05) is 0 Å². The lowest BCUT2D eigenvalue weighted by molar-refractivity contribution is 0.0738. The number of hydrogen-bond acceptors (Lipinski definition) is 2. The van der Waals surface area contributed by atoms with Crippen molar-refractivity contribution in [2.75, 3.05) is 26.7 Å². The predicted octanol–water partition coefficient (Wildman–Crippen LogP) is 1.30. The van der Waals surface area contributed by atoms with E-state index in [0.29, 0.717) is 6.04 Å². The monoisotopic (exact) mass is 229 g/mol. The number of rotatable bonds is 1. The van der Waals surface area contributed by atoms with Crippen LogP contribution >= 0.6 is 12.2 Å². The number of nitrogens with one attached hydrogen (secondary N) is 1. The van der Waals surface area contributed by atoms with E-state index in [2.05, 4.69) is 49.9 Å². The van der Waals surface area contributed by atoms with Crippen molar-refractivity contribution >= 4 is 17.3 Å². The zero-order valence-corrected chi connectivity index (χ0v) is 11.3. The van der Waals surface area contributed by atoms with Crippen LogP contribution in [-0.4, -0.2) is 53.2 Å². The molecule has 1 rings (SSSR count). The molecule has 0 bridgehead atoms. The van der Waals surface area contributed by atoms with Crippen molar-refractivity contribution in [1.82, 2.24) is 15.1 Å². The maximum absolute atomic E-state index is 5.39. The minimum atomic E-state index is 0.209. The molecule has 0 unspecified atom stereocenters. The van der Waals surface area contributed by atoms with Gasteiger partial charge in [-0.25, -0.2) is 0 Å². The third-order valence-corrected chi connectivity index (χ3v) is 3.39. The fourth-order valence-corrected chi connectivity index (χ4v) is 2.14. The molecule has 0 spiro atoms. The molecule has 1 fully saturated rings. The van der Waals surface area contributed by atoms with E-state index in [1.807, 2.05) is 0 Å². The van der Waals surface area contributed by atoms with Crippen LogP contribution in [0.2, 0.25) is 0 Å². The predicted molar refractivity (Wildman–Crippen MR) is 69.2 cm³/mol. The highest BCUT2D eigenvalue weighted by Crippen LogP contribution is 2.18. The molecule has 88 valence electrons. The highest BCUT2D eigenvalue weighted by molar-refractivity contribution is 7.80. The zero-order valence-electron chi connectivity index (χ0n) is 10.5. The molecule has 1 saturated heterocycles. The normalized spacial score (nSPS) is 21.9. The molecule has 1 N–H and O–H groups in total. The van der Waals surface area contributed by atoms with Crippen LogP contribution in [0.4, 0.5) is 0 Å². The van der Waals surface area contributed by atoms with Gasteiger partial charge in [0.1, 0.15) is 0 Å². The van der Waals surface area contributed by atoms with E-state index in [9.17, 15) is 0 Å². The van der Waals surface area contributed by atoms with Crippen molar-refractivity contribution in [2.45, 2.75) is 39.3 Å². The van der Waals surface area contributed by atoms with E-state index in [-0.39, 0.29) is 5.54 Å². The van der Waals surface area contributed by atoms with Gasteiger partial charge < -0.3 is 10.2 Å². The quantitative estimate of drug-likeness (QED) is 0.683. The summed E-state index contributed by atoms with van der Waals surface area (Å²) in [6.07, 6.45) is 0. The first kappa shape index (κ1) is 12.7. The molecule has 0 aromatic rings. The van der Waals surface area contributed by atoms with E-state index in [0.717, 1.165) is 24.7 Å². The van der Waals surface area contributed by atoms with Crippen LogP contribution in [0.25, 0.3) is 0 Å². The van der Waals surface area contributed by atoms with Crippen LogP contribution < -0.4 is 5.32 Å². The summed E-state index contributed by atoms with van der Waals surface area (Å²) in [5.74, 6) is 0. The van der Waals surface area contributed by atoms with Crippen LogP contribution in [0.1, 0.15) is 27.7 Å². The molecule has 0 amide bonds. The van der Waals surface area contributed by atoms with Crippen LogP contribution in [-0.2, 0) is 0 Å². The van der Waals surface area contributed by atoms with Gasteiger partial charge in [0.15, 0.2) is 5.11 Å². The Morgan fingerprint density at radius 2 is 1.93 bits per heavy atom. The molecule has 1 aliphatic heterocycles. The zero-order chi connectivity index (χ0) is 11.6. The molecule has 4 heteroatoms. The average Bonchev–Trinajstić information content (AvgIpc) is 2.08. The number of likely N-dealkylation sites (N-methyl/N-ethyl adjacent to an activating group) is 1. The van der Waals surface area contributed by atoms with Crippen molar-refractivity contribution < 1.29 is 0 Å². The van der Waals surface area contributed by atoms with Crippen molar-refractivity contribution in [3.63, 3.8) is 0 Å². The van der Waals surface area contributed by atoms with E-state index >= 15 is 0 Å². The largest absolute Gasteiger partial charge is 0.360 e. The van der Waals surface area contributed by atoms with E-state index in [1.165, 1.54) is 0 Å². The Hall–Kier alpha value is -0.350. The SMILES string of the molecule is CC(C)NC(=S)N1CCN(C)C(C)(C)C1. The fourth-order valence-electron chi connectivity index (χ4n) is 1.75. The number of nitrogens with zero attached hydrogens (tertiary/aromatic N) is 2. The Bertz CT molecular complexity index is 238. The highest BCUT2D eigenvalue weighted by Gasteiger charge is 2.31. The van der Waals surface area contributed by atoms with Crippen LogP contribution in [0.5, 0.6) is 0 Å². The van der Waals surface area contributed by atoms with Gasteiger partial charge in [-0.15, -0.1) is 0 Å². The Morgan fingerprint density at radius 1 is 1.33 bits per heavy atom. The topological polar surface area (TPSA) is 18.5 Å². The minimum absolute atomic E-state index is 0.209. The van der Waals surface area contributed by atoms with Crippen molar-refractivity contribution in [2.24, 2.45) is 0 Å². The van der Waals surface area contributed by atoms with Gasteiger partial charge in [0.05, 0.1) is 0 Å². The summed E-state index contributed by atoms with van der Waals surface area (Å²) in [5.41, 5.74) is 0.209. The molecule has 0 aliphatic carbocycles. The Morgan fingerprint density at radius 3 is 2.40 bits per heavy atom. The van der Waals surface area contributed by atoms with Gasteiger partial charge >= 0.3 is 0 Å². The first-order valence-corrected chi connectivity index (χ1v) is 6.00.